The third kappa shape index (κ3) is 5.80. The first kappa shape index (κ1) is 16.9. The van der Waals surface area contributed by atoms with E-state index in [-0.39, 0.29) is 0 Å². The molecule has 0 amide bonds. The molecule has 0 aromatic heterocycles. The van der Waals surface area contributed by atoms with Crippen molar-refractivity contribution in [3.63, 3.8) is 0 Å². The first-order valence-corrected chi connectivity index (χ1v) is 11.5. The molecule has 2 nitrogen and oxygen atoms in total. The lowest BCUT2D eigenvalue weighted by molar-refractivity contribution is 0.0815. The molecule has 19 heavy (non-hydrogen) atoms. The van der Waals surface area contributed by atoms with E-state index in [4.69, 9.17) is 0 Å². The van der Waals surface area contributed by atoms with E-state index in [9.17, 15) is 10.2 Å². The smallest absolute Gasteiger partial charge is 0.0799 e. The van der Waals surface area contributed by atoms with Gasteiger partial charge in [0, 0.05) is 0 Å². The van der Waals surface area contributed by atoms with Gasteiger partial charge < -0.3 is 10.2 Å². The van der Waals surface area contributed by atoms with Gasteiger partial charge in [-0.3, -0.25) is 0 Å². The van der Waals surface area contributed by atoms with Crippen molar-refractivity contribution in [3.05, 3.63) is 11.3 Å². The maximum Gasteiger partial charge on any atom is 0.0799 e. The van der Waals surface area contributed by atoms with E-state index in [1.54, 1.807) is 0 Å². The second kappa shape index (κ2) is 7.60. The van der Waals surface area contributed by atoms with Crippen LogP contribution >= 0.6 is 0 Å². The highest BCUT2D eigenvalue weighted by atomic mass is 28.3. The topological polar surface area (TPSA) is 40.5 Å². The fourth-order valence-electron chi connectivity index (χ4n) is 3.04. The van der Waals surface area contributed by atoms with Crippen molar-refractivity contribution in [2.75, 3.05) is 0 Å². The number of aliphatic hydroxyl groups excluding tert-OH is 2. The second-order valence-corrected chi connectivity index (χ2v) is 12.2. The zero-order chi connectivity index (χ0) is 14.5. The van der Waals surface area contributed by atoms with Gasteiger partial charge >= 0.3 is 0 Å². The zero-order valence-corrected chi connectivity index (χ0v) is 14.2. The molecule has 1 aliphatic rings. The molecule has 0 radical (unpaired) electrons. The van der Waals surface area contributed by atoms with E-state index < -0.39 is 20.3 Å². The molecule has 0 aliphatic heterocycles. The molecule has 0 aromatic carbocycles. The van der Waals surface area contributed by atoms with Crippen LogP contribution in [-0.2, 0) is 0 Å². The fraction of sp³-hybridized carbons (Fsp3) is 0.875. The monoisotopic (exact) mass is 284 g/mol. The Morgan fingerprint density at radius 3 is 2.21 bits per heavy atom. The molecule has 3 heteroatoms. The molecular formula is C16H32O2Si. The van der Waals surface area contributed by atoms with Gasteiger partial charge in [0.25, 0.3) is 0 Å². The minimum atomic E-state index is -1.42. The first-order valence-electron chi connectivity index (χ1n) is 7.94. The van der Waals surface area contributed by atoms with Gasteiger partial charge in [-0.15, -0.1) is 0 Å². The van der Waals surface area contributed by atoms with E-state index in [1.165, 1.54) is 19.3 Å². The van der Waals surface area contributed by atoms with Gasteiger partial charge in [-0.25, -0.2) is 0 Å². The standard InChI is InChI=1S/C16H32O2Si/c1-5-9-15(17)14(12-19(2,3)4)16(18)13-10-7-6-8-11-13/h12-13,15-18H,5-11H2,1-4H3/b14-12+/t15-,16+/m1/s1. The minimum absolute atomic E-state index is 0.364. The van der Waals surface area contributed by atoms with Gasteiger partial charge in [-0.05, 0) is 30.8 Å². The van der Waals surface area contributed by atoms with E-state index in [1.807, 2.05) is 0 Å². The van der Waals surface area contributed by atoms with Crippen LogP contribution in [0.15, 0.2) is 11.3 Å². The molecule has 0 heterocycles. The molecule has 2 atom stereocenters. The summed E-state index contributed by atoms with van der Waals surface area (Å²) in [6.07, 6.45) is 6.83. The molecule has 1 aliphatic carbocycles. The third-order valence-electron chi connectivity index (χ3n) is 3.98. The van der Waals surface area contributed by atoms with Gasteiger partial charge in [-0.2, -0.15) is 0 Å². The van der Waals surface area contributed by atoms with Crippen LogP contribution < -0.4 is 0 Å². The fourth-order valence-corrected chi connectivity index (χ4v) is 4.40. The van der Waals surface area contributed by atoms with E-state index in [0.717, 1.165) is 31.3 Å². The zero-order valence-electron chi connectivity index (χ0n) is 13.2. The number of hydrogen-bond acceptors (Lipinski definition) is 2. The number of aliphatic hydroxyl groups is 2. The number of hydrogen-bond donors (Lipinski definition) is 2. The lowest BCUT2D eigenvalue weighted by atomic mass is 9.81. The van der Waals surface area contributed by atoms with Crippen molar-refractivity contribution < 1.29 is 10.2 Å². The largest absolute Gasteiger partial charge is 0.389 e. The SMILES string of the molecule is CCC[C@@H](O)/C(=C\[Si](C)(C)C)[C@@H](O)C1CCCCC1. The summed E-state index contributed by atoms with van der Waals surface area (Å²) in [5.74, 6) is 0.364. The van der Waals surface area contributed by atoms with Crippen molar-refractivity contribution in [1.82, 2.24) is 0 Å². The summed E-state index contributed by atoms with van der Waals surface area (Å²) in [6, 6.07) is 0. The van der Waals surface area contributed by atoms with Crippen molar-refractivity contribution in [1.29, 1.82) is 0 Å². The summed E-state index contributed by atoms with van der Waals surface area (Å²) >= 11 is 0. The Labute approximate surface area is 119 Å². The molecule has 2 N–H and O–H groups in total. The highest BCUT2D eigenvalue weighted by molar-refractivity contribution is 6.81. The Bertz CT molecular complexity index is 288. The average Bonchev–Trinajstić information content (AvgIpc) is 2.35. The maximum atomic E-state index is 10.7. The Balaban J connectivity index is 2.85. The van der Waals surface area contributed by atoms with Gasteiger partial charge in [0.15, 0.2) is 0 Å². The average molecular weight is 285 g/mol. The van der Waals surface area contributed by atoms with E-state index >= 15 is 0 Å². The maximum absolute atomic E-state index is 10.7. The molecule has 0 unspecified atom stereocenters. The van der Waals surface area contributed by atoms with E-state index in [2.05, 4.69) is 32.3 Å². The summed E-state index contributed by atoms with van der Waals surface area (Å²) in [5.41, 5.74) is 3.15. The first-order chi connectivity index (χ1) is 8.85. The molecule has 0 bridgehead atoms. The lowest BCUT2D eigenvalue weighted by Crippen LogP contribution is -2.33. The summed E-state index contributed by atoms with van der Waals surface area (Å²) in [6.45, 7) is 8.88. The predicted molar refractivity (Wildman–Crippen MR) is 84.9 cm³/mol. The Kier molecular flexibility index (Phi) is 6.78. The molecule has 1 saturated carbocycles. The van der Waals surface area contributed by atoms with Crippen LogP contribution in [0.1, 0.15) is 51.9 Å². The molecule has 1 fully saturated rings. The Hall–Kier alpha value is -0.123. The van der Waals surface area contributed by atoms with Crippen LogP contribution in [0.5, 0.6) is 0 Å². The van der Waals surface area contributed by atoms with Crippen LogP contribution in [0.2, 0.25) is 19.6 Å². The van der Waals surface area contributed by atoms with Crippen molar-refractivity contribution >= 4 is 8.07 Å². The van der Waals surface area contributed by atoms with Crippen molar-refractivity contribution in [2.45, 2.75) is 83.7 Å². The predicted octanol–water partition coefficient (Wildman–Crippen LogP) is 3.89. The van der Waals surface area contributed by atoms with Crippen LogP contribution in [0, 0.1) is 5.92 Å². The molecule has 0 aromatic rings. The molecule has 112 valence electrons. The highest BCUT2D eigenvalue weighted by Gasteiger charge is 2.29. The van der Waals surface area contributed by atoms with Gasteiger partial charge in [0.1, 0.15) is 0 Å². The Morgan fingerprint density at radius 1 is 1.16 bits per heavy atom. The summed E-state index contributed by atoms with van der Waals surface area (Å²) < 4.78 is 0. The lowest BCUT2D eigenvalue weighted by Gasteiger charge is -2.31. The highest BCUT2D eigenvalue weighted by Crippen LogP contribution is 2.31. The van der Waals surface area contributed by atoms with Crippen LogP contribution in [0.3, 0.4) is 0 Å². The van der Waals surface area contributed by atoms with Crippen LogP contribution in [-0.4, -0.2) is 30.5 Å². The number of rotatable bonds is 6. The molecule has 0 saturated heterocycles. The van der Waals surface area contributed by atoms with E-state index in [0.29, 0.717) is 5.92 Å². The van der Waals surface area contributed by atoms with Gasteiger partial charge in [-0.1, -0.05) is 57.9 Å². The summed E-state index contributed by atoms with van der Waals surface area (Å²) in [4.78, 5) is 0. The molecule has 1 rings (SSSR count). The molecular weight excluding hydrogens is 252 g/mol. The second-order valence-electron chi connectivity index (χ2n) is 7.16. The third-order valence-corrected chi connectivity index (χ3v) is 5.18. The normalized spacial score (nSPS) is 22.3. The summed E-state index contributed by atoms with van der Waals surface area (Å²) in [7, 11) is -1.42. The van der Waals surface area contributed by atoms with Gasteiger partial charge in [0.05, 0.1) is 20.3 Å². The quantitative estimate of drug-likeness (QED) is 0.726. The summed E-state index contributed by atoms with van der Waals surface area (Å²) in [5, 5.41) is 21.1. The molecule has 0 spiro atoms. The van der Waals surface area contributed by atoms with Crippen molar-refractivity contribution in [3.8, 4) is 0 Å². The van der Waals surface area contributed by atoms with Crippen molar-refractivity contribution in [2.24, 2.45) is 5.92 Å². The van der Waals surface area contributed by atoms with Crippen LogP contribution in [0.4, 0.5) is 0 Å². The van der Waals surface area contributed by atoms with Gasteiger partial charge in [0.2, 0.25) is 0 Å². The minimum Gasteiger partial charge on any atom is -0.389 e. The van der Waals surface area contributed by atoms with Crippen LogP contribution in [0.25, 0.3) is 0 Å². The Morgan fingerprint density at radius 2 is 1.74 bits per heavy atom.